The molecule has 2 N–H and O–H groups in total. The lowest BCUT2D eigenvalue weighted by Gasteiger charge is -2.18. The molecule has 0 aromatic heterocycles. The molecule has 2 unspecified atom stereocenters. The number of aliphatic hydroxyl groups is 2. The van der Waals surface area contributed by atoms with E-state index in [1.54, 1.807) is 0 Å². The van der Waals surface area contributed by atoms with Crippen molar-refractivity contribution in [2.45, 2.75) is 38.7 Å². The van der Waals surface area contributed by atoms with Crippen LogP contribution < -0.4 is 0 Å². The highest BCUT2D eigenvalue weighted by atomic mass is 79.9. The zero-order valence-corrected chi connectivity index (χ0v) is 11.4. The number of rotatable bonds is 5. The van der Waals surface area contributed by atoms with E-state index < -0.39 is 6.10 Å². The minimum absolute atomic E-state index is 0.163. The van der Waals surface area contributed by atoms with Crippen LogP contribution in [0.2, 0.25) is 0 Å². The molecule has 1 aromatic rings. The lowest BCUT2D eigenvalue weighted by atomic mass is 9.90. The van der Waals surface area contributed by atoms with Crippen LogP contribution in [-0.4, -0.2) is 22.9 Å². The van der Waals surface area contributed by atoms with Gasteiger partial charge in [-0.25, -0.2) is 0 Å². The first-order valence-electron chi connectivity index (χ1n) is 5.63. The molecule has 1 aromatic carbocycles. The molecule has 16 heavy (non-hydrogen) atoms. The summed E-state index contributed by atoms with van der Waals surface area (Å²) in [4.78, 5) is 0. The van der Waals surface area contributed by atoms with Crippen LogP contribution in [-0.2, 0) is 0 Å². The first-order valence-corrected chi connectivity index (χ1v) is 6.42. The Morgan fingerprint density at radius 2 is 2.06 bits per heavy atom. The number of halogens is 1. The van der Waals surface area contributed by atoms with Crippen molar-refractivity contribution in [1.29, 1.82) is 0 Å². The maximum Gasteiger partial charge on any atom is 0.0776 e. The Hall–Kier alpha value is -0.380. The van der Waals surface area contributed by atoms with Gasteiger partial charge in [-0.05, 0) is 42.9 Å². The fourth-order valence-electron chi connectivity index (χ4n) is 1.80. The van der Waals surface area contributed by atoms with E-state index in [1.165, 1.54) is 11.1 Å². The van der Waals surface area contributed by atoms with Crippen LogP contribution in [0, 0.1) is 6.92 Å². The Bertz CT molecular complexity index is 339. The van der Waals surface area contributed by atoms with E-state index in [2.05, 4.69) is 48.0 Å². The molecule has 1 rings (SSSR count). The monoisotopic (exact) mass is 286 g/mol. The van der Waals surface area contributed by atoms with Crippen molar-refractivity contribution in [2.24, 2.45) is 0 Å². The van der Waals surface area contributed by atoms with E-state index >= 15 is 0 Å². The molecule has 0 bridgehead atoms. The number of benzene rings is 1. The lowest BCUT2D eigenvalue weighted by Crippen LogP contribution is -2.16. The number of aliphatic hydroxyl groups excluding tert-OH is 2. The predicted octanol–water partition coefficient (Wildman–Crippen LogP) is 2.99. The van der Waals surface area contributed by atoms with Gasteiger partial charge < -0.3 is 10.2 Å². The molecule has 90 valence electrons. The summed E-state index contributed by atoms with van der Waals surface area (Å²) in [7, 11) is 0. The van der Waals surface area contributed by atoms with E-state index in [-0.39, 0.29) is 6.61 Å². The third-order valence-electron chi connectivity index (χ3n) is 2.93. The molecule has 0 aliphatic rings. The summed E-state index contributed by atoms with van der Waals surface area (Å²) in [6, 6.07) is 6.28. The minimum atomic E-state index is -0.620. The van der Waals surface area contributed by atoms with Crippen molar-refractivity contribution in [3.63, 3.8) is 0 Å². The molecule has 0 aliphatic heterocycles. The Balaban J connectivity index is 2.82. The van der Waals surface area contributed by atoms with Crippen LogP contribution in [0.1, 0.15) is 36.8 Å². The molecule has 0 amide bonds. The third-order valence-corrected chi connectivity index (χ3v) is 3.78. The molecule has 2 atom stereocenters. The summed E-state index contributed by atoms with van der Waals surface area (Å²) in [5.41, 5.74) is 2.42. The first-order chi connectivity index (χ1) is 7.58. The van der Waals surface area contributed by atoms with Crippen LogP contribution >= 0.6 is 15.9 Å². The molecule has 0 heterocycles. The molecule has 0 spiro atoms. The average molecular weight is 287 g/mol. The van der Waals surface area contributed by atoms with E-state index in [4.69, 9.17) is 5.11 Å². The number of hydrogen-bond acceptors (Lipinski definition) is 2. The van der Waals surface area contributed by atoms with Crippen molar-refractivity contribution in [3.05, 3.63) is 33.8 Å². The molecule has 0 saturated heterocycles. The van der Waals surface area contributed by atoms with Gasteiger partial charge >= 0.3 is 0 Å². The van der Waals surface area contributed by atoms with Gasteiger partial charge in [-0.2, -0.15) is 0 Å². The van der Waals surface area contributed by atoms with Gasteiger partial charge in [0.25, 0.3) is 0 Å². The third kappa shape index (κ3) is 3.58. The summed E-state index contributed by atoms with van der Waals surface area (Å²) in [5, 5.41) is 18.3. The van der Waals surface area contributed by atoms with E-state index in [1.807, 2.05) is 0 Å². The average Bonchev–Trinajstić information content (AvgIpc) is 2.29. The molecule has 0 saturated carbocycles. The van der Waals surface area contributed by atoms with Gasteiger partial charge in [0, 0.05) is 4.47 Å². The molecular formula is C13H19BrO2. The summed E-state index contributed by atoms with van der Waals surface area (Å²) >= 11 is 3.51. The molecule has 0 aliphatic carbocycles. The maximum absolute atomic E-state index is 9.48. The van der Waals surface area contributed by atoms with Gasteiger partial charge in [-0.3, -0.25) is 0 Å². The van der Waals surface area contributed by atoms with Crippen molar-refractivity contribution in [3.8, 4) is 0 Å². The second-order valence-corrected chi connectivity index (χ2v) is 5.04. The van der Waals surface area contributed by atoms with Gasteiger partial charge in [0.1, 0.15) is 0 Å². The topological polar surface area (TPSA) is 40.5 Å². The molecular weight excluding hydrogens is 268 g/mol. The summed E-state index contributed by atoms with van der Waals surface area (Å²) in [5.74, 6) is 0.305. The standard InChI is InChI=1S/C13H19BrO2/c1-3-10(6-12(16)8-15)11-5-4-9(2)13(14)7-11/h4-5,7,10,12,15-16H,3,6,8H2,1-2H3. The normalized spacial score (nSPS) is 14.8. The summed E-state index contributed by atoms with van der Waals surface area (Å²) < 4.78 is 1.10. The smallest absolute Gasteiger partial charge is 0.0776 e. The van der Waals surface area contributed by atoms with E-state index in [0.29, 0.717) is 12.3 Å². The minimum Gasteiger partial charge on any atom is -0.394 e. The van der Waals surface area contributed by atoms with Crippen molar-refractivity contribution < 1.29 is 10.2 Å². The fourth-order valence-corrected chi connectivity index (χ4v) is 2.20. The van der Waals surface area contributed by atoms with Crippen molar-refractivity contribution in [1.82, 2.24) is 0 Å². The van der Waals surface area contributed by atoms with Gasteiger partial charge in [0.2, 0.25) is 0 Å². The zero-order chi connectivity index (χ0) is 12.1. The molecule has 3 heteroatoms. The van der Waals surface area contributed by atoms with Gasteiger partial charge in [-0.1, -0.05) is 35.0 Å². The van der Waals surface area contributed by atoms with E-state index in [9.17, 15) is 5.11 Å². The van der Waals surface area contributed by atoms with Gasteiger partial charge in [-0.15, -0.1) is 0 Å². The highest BCUT2D eigenvalue weighted by Crippen LogP contribution is 2.28. The largest absolute Gasteiger partial charge is 0.394 e. The molecule has 0 radical (unpaired) electrons. The quantitative estimate of drug-likeness (QED) is 0.874. The van der Waals surface area contributed by atoms with Gasteiger partial charge in [0.15, 0.2) is 0 Å². The van der Waals surface area contributed by atoms with E-state index in [0.717, 1.165) is 10.9 Å². The van der Waals surface area contributed by atoms with Crippen molar-refractivity contribution in [2.75, 3.05) is 6.61 Å². The lowest BCUT2D eigenvalue weighted by molar-refractivity contribution is 0.0817. The van der Waals surface area contributed by atoms with Crippen LogP contribution in [0.25, 0.3) is 0 Å². The highest BCUT2D eigenvalue weighted by Gasteiger charge is 2.14. The summed E-state index contributed by atoms with van der Waals surface area (Å²) in [6.07, 6.45) is 0.958. The second kappa shape index (κ2) is 6.38. The Kier molecular flexibility index (Phi) is 5.46. The Morgan fingerprint density at radius 1 is 1.38 bits per heavy atom. The predicted molar refractivity (Wildman–Crippen MR) is 69.6 cm³/mol. The number of aryl methyl sites for hydroxylation is 1. The van der Waals surface area contributed by atoms with Crippen LogP contribution in [0.3, 0.4) is 0 Å². The zero-order valence-electron chi connectivity index (χ0n) is 9.78. The molecule has 2 nitrogen and oxygen atoms in total. The Labute approximate surface area is 105 Å². The van der Waals surface area contributed by atoms with Gasteiger partial charge in [0.05, 0.1) is 12.7 Å². The van der Waals surface area contributed by atoms with Crippen LogP contribution in [0.4, 0.5) is 0 Å². The SMILES string of the molecule is CCC(CC(O)CO)c1ccc(C)c(Br)c1. The fraction of sp³-hybridized carbons (Fsp3) is 0.538. The molecule has 0 fully saturated rings. The first kappa shape index (κ1) is 13.7. The summed E-state index contributed by atoms with van der Waals surface area (Å²) in [6.45, 7) is 3.99. The maximum atomic E-state index is 9.48. The van der Waals surface area contributed by atoms with Crippen LogP contribution in [0.5, 0.6) is 0 Å². The Morgan fingerprint density at radius 3 is 2.56 bits per heavy atom. The second-order valence-electron chi connectivity index (χ2n) is 4.19. The number of hydrogen-bond donors (Lipinski definition) is 2. The highest BCUT2D eigenvalue weighted by molar-refractivity contribution is 9.10. The van der Waals surface area contributed by atoms with Crippen LogP contribution in [0.15, 0.2) is 22.7 Å². The van der Waals surface area contributed by atoms with Crippen molar-refractivity contribution >= 4 is 15.9 Å².